The van der Waals surface area contributed by atoms with Crippen molar-refractivity contribution in [3.05, 3.63) is 30.5 Å². The van der Waals surface area contributed by atoms with Crippen LogP contribution in [0, 0.1) is 5.92 Å². The number of carbonyl (C=O) groups excluding carboxylic acids is 2. The molecule has 0 aliphatic carbocycles. The lowest BCUT2D eigenvalue weighted by atomic mass is 10.0. The minimum Gasteiger partial charge on any atom is -0.396 e. The molecule has 0 saturated carbocycles. The van der Waals surface area contributed by atoms with E-state index in [9.17, 15) is 9.59 Å². The number of fused-ring (bicyclic) bond motifs is 1. The maximum Gasteiger partial charge on any atom is 0.145 e. The fraction of sp³-hybridized carbons (Fsp3) is 0.250. The minimum atomic E-state index is -0.768. The molecular weight excluding hydrogens is 220 g/mol. The van der Waals surface area contributed by atoms with E-state index >= 15 is 0 Å². The summed E-state index contributed by atoms with van der Waals surface area (Å²) in [4.78, 5) is 21.9. The predicted molar refractivity (Wildman–Crippen MR) is 61.5 cm³/mol. The number of hydrogen-bond acceptors (Lipinski definition) is 4. The molecule has 17 heavy (non-hydrogen) atoms. The first-order valence-electron chi connectivity index (χ1n) is 5.25. The summed E-state index contributed by atoms with van der Waals surface area (Å²) in [5.74, 6) is -0.768. The first-order valence-corrected chi connectivity index (χ1v) is 5.25. The topological polar surface area (TPSA) is 72.2 Å². The number of carbonyl (C=O) groups is 2. The Morgan fingerprint density at radius 1 is 1.29 bits per heavy atom. The fourth-order valence-corrected chi connectivity index (χ4v) is 1.80. The normalized spacial score (nSPS) is 14.4. The highest BCUT2D eigenvalue weighted by atomic mass is 16.3. The Bertz CT molecular complexity index is 535. The average Bonchev–Trinajstić information content (AvgIpc) is 2.79. The zero-order valence-corrected chi connectivity index (χ0v) is 9.06. The van der Waals surface area contributed by atoms with E-state index < -0.39 is 12.0 Å². The van der Waals surface area contributed by atoms with Gasteiger partial charge in [-0.25, -0.2) is 0 Å². The highest BCUT2D eigenvalue weighted by Crippen LogP contribution is 2.20. The maximum absolute atomic E-state index is 11.1. The van der Waals surface area contributed by atoms with Crippen LogP contribution in [0.5, 0.6) is 0 Å². The lowest BCUT2D eigenvalue weighted by molar-refractivity contribution is -0.120. The molecule has 0 unspecified atom stereocenters. The Balaban J connectivity index is 2.50. The molecule has 1 N–H and O–H groups in total. The summed E-state index contributed by atoms with van der Waals surface area (Å²) in [5, 5.41) is 14.1. The molecule has 0 saturated heterocycles. The summed E-state index contributed by atoms with van der Waals surface area (Å²) in [7, 11) is 0. The second-order valence-corrected chi connectivity index (χ2v) is 3.76. The van der Waals surface area contributed by atoms with Crippen molar-refractivity contribution in [1.29, 1.82) is 0 Å². The summed E-state index contributed by atoms with van der Waals surface area (Å²) in [6.45, 7) is -0.374. The predicted octanol–water partition coefficient (Wildman–Crippen LogP) is 0.584. The Morgan fingerprint density at radius 3 is 2.71 bits per heavy atom. The van der Waals surface area contributed by atoms with E-state index in [0.717, 1.165) is 10.9 Å². The van der Waals surface area contributed by atoms with E-state index in [4.69, 9.17) is 5.11 Å². The number of hydrogen-bond donors (Lipinski definition) is 1. The summed E-state index contributed by atoms with van der Waals surface area (Å²) in [5.41, 5.74) is 0.768. The molecule has 0 amide bonds. The molecule has 2 rings (SSSR count). The van der Waals surface area contributed by atoms with Crippen LogP contribution in [0.4, 0.5) is 0 Å². The second-order valence-electron chi connectivity index (χ2n) is 3.76. The van der Waals surface area contributed by atoms with Crippen molar-refractivity contribution in [2.45, 2.75) is 6.04 Å². The zero-order valence-electron chi connectivity index (χ0n) is 9.06. The summed E-state index contributed by atoms with van der Waals surface area (Å²) < 4.78 is 1.47. The number of rotatable bonds is 5. The number of aliphatic hydroxyl groups excluding tert-OH is 1. The van der Waals surface area contributed by atoms with E-state index in [1.54, 1.807) is 6.20 Å². The number of aliphatic hydroxyl groups is 1. The van der Waals surface area contributed by atoms with Crippen LogP contribution in [-0.2, 0) is 9.59 Å². The number of benzene rings is 1. The molecule has 2 atom stereocenters. The zero-order chi connectivity index (χ0) is 12.3. The second kappa shape index (κ2) is 4.88. The van der Waals surface area contributed by atoms with Crippen molar-refractivity contribution in [2.24, 2.45) is 5.92 Å². The molecule has 0 spiro atoms. The summed E-state index contributed by atoms with van der Waals surface area (Å²) >= 11 is 0. The van der Waals surface area contributed by atoms with Gasteiger partial charge in [-0.05, 0) is 6.07 Å². The van der Waals surface area contributed by atoms with Crippen LogP contribution in [-0.4, -0.2) is 34.1 Å². The molecule has 1 aromatic heterocycles. The van der Waals surface area contributed by atoms with Crippen molar-refractivity contribution >= 4 is 23.5 Å². The third-order valence-corrected chi connectivity index (χ3v) is 2.75. The third-order valence-electron chi connectivity index (χ3n) is 2.75. The quantitative estimate of drug-likeness (QED) is 0.765. The van der Waals surface area contributed by atoms with Crippen LogP contribution < -0.4 is 0 Å². The summed E-state index contributed by atoms with van der Waals surface area (Å²) in [6, 6.07) is 6.62. The lowest BCUT2D eigenvalue weighted by Gasteiger charge is -2.16. The SMILES string of the molecule is O=C[C@H](CO)[C@H](C=O)n1ncc2ccccc21. The summed E-state index contributed by atoms with van der Waals surface area (Å²) in [6.07, 6.45) is 2.84. The molecule has 0 aliphatic heterocycles. The van der Waals surface area contributed by atoms with Crippen molar-refractivity contribution in [1.82, 2.24) is 9.78 Å². The van der Waals surface area contributed by atoms with Gasteiger partial charge in [0.05, 0.1) is 24.2 Å². The van der Waals surface area contributed by atoms with Crippen LogP contribution in [0.2, 0.25) is 0 Å². The number of nitrogens with zero attached hydrogens (tertiary/aromatic N) is 2. The molecule has 0 bridgehead atoms. The highest BCUT2D eigenvalue weighted by Gasteiger charge is 2.23. The van der Waals surface area contributed by atoms with Gasteiger partial charge in [-0.1, -0.05) is 18.2 Å². The van der Waals surface area contributed by atoms with E-state index in [1.165, 1.54) is 4.68 Å². The molecule has 5 heteroatoms. The Hall–Kier alpha value is -2.01. The molecule has 88 valence electrons. The van der Waals surface area contributed by atoms with Gasteiger partial charge in [0.1, 0.15) is 18.6 Å². The molecule has 1 aromatic carbocycles. The van der Waals surface area contributed by atoms with E-state index in [0.29, 0.717) is 12.6 Å². The van der Waals surface area contributed by atoms with Crippen molar-refractivity contribution in [2.75, 3.05) is 6.61 Å². The van der Waals surface area contributed by atoms with E-state index in [2.05, 4.69) is 5.10 Å². The van der Waals surface area contributed by atoms with Gasteiger partial charge in [0.15, 0.2) is 0 Å². The smallest absolute Gasteiger partial charge is 0.145 e. The molecular formula is C12H12N2O3. The average molecular weight is 232 g/mol. The first kappa shape index (κ1) is 11.5. The van der Waals surface area contributed by atoms with Crippen LogP contribution in [0.3, 0.4) is 0 Å². The molecule has 2 aromatic rings. The standard InChI is InChI=1S/C12H12N2O3/c15-6-10(7-16)12(8-17)14-11-4-2-1-3-9(11)5-13-14/h1-6,8,10,12,16H,7H2/t10-,12+/m1/s1. The third kappa shape index (κ3) is 1.97. The van der Waals surface area contributed by atoms with Crippen LogP contribution >= 0.6 is 0 Å². The highest BCUT2D eigenvalue weighted by molar-refractivity contribution is 5.80. The van der Waals surface area contributed by atoms with Gasteiger partial charge >= 0.3 is 0 Å². The molecule has 0 aliphatic rings. The van der Waals surface area contributed by atoms with E-state index in [-0.39, 0.29) is 6.61 Å². The number of aromatic nitrogens is 2. The van der Waals surface area contributed by atoms with Gasteiger partial charge in [-0.3, -0.25) is 4.68 Å². The maximum atomic E-state index is 11.1. The number of aldehydes is 2. The van der Waals surface area contributed by atoms with Gasteiger partial charge in [-0.15, -0.1) is 0 Å². The van der Waals surface area contributed by atoms with E-state index in [1.807, 2.05) is 24.3 Å². The van der Waals surface area contributed by atoms with Crippen LogP contribution in [0.25, 0.3) is 10.9 Å². The number of para-hydroxylation sites is 1. The lowest BCUT2D eigenvalue weighted by Crippen LogP contribution is -2.25. The van der Waals surface area contributed by atoms with Gasteiger partial charge in [0.2, 0.25) is 0 Å². The molecule has 5 nitrogen and oxygen atoms in total. The first-order chi connectivity index (χ1) is 8.31. The largest absolute Gasteiger partial charge is 0.396 e. The van der Waals surface area contributed by atoms with Crippen LogP contribution in [0.15, 0.2) is 30.5 Å². The van der Waals surface area contributed by atoms with Gasteiger partial charge in [0, 0.05) is 5.39 Å². The molecule has 1 heterocycles. The fourth-order valence-electron chi connectivity index (χ4n) is 1.80. The Kier molecular flexibility index (Phi) is 3.30. The van der Waals surface area contributed by atoms with Crippen LogP contribution in [0.1, 0.15) is 6.04 Å². The Labute approximate surface area is 97.7 Å². The van der Waals surface area contributed by atoms with Crippen molar-refractivity contribution in [3.63, 3.8) is 0 Å². The van der Waals surface area contributed by atoms with Gasteiger partial charge in [-0.2, -0.15) is 5.10 Å². The van der Waals surface area contributed by atoms with Gasteiger partial charge in [0.25, 0.3) is 0 Å². The minimum absolute atomic E-state index is 0.374. The van der Waals surface area contributed by atoms with Crippen molar-refractivity contribution in [3.8, 4) is 0 Å². The van der Waals surface area contributed by atoms with Gasteiger partial charge < -0.3 is 14.7 Å². The van der Waals surface area contributed by atoms with Crippen molar-refractivity contribution < 1.29 is 14.7 Å². The Morgan fingerprint density at radius 2 is 2.06 bits per heavy atom. The monoisotopic (exact) mass is 232 g/mol. The molecule has 0 radical (unpaired) electrons. The molecule has 0 fully saturated rings.